The first-order valence-electron chi connectivity index (χ1n) is 21.2. The van der Waals surface area contributed by atoms with E-state index in [0.717, 1.165) is 64.3 Å². The molecule has 0 aromatic carbocycles. The van der Waals surface area contributed by atoms with Gasteiger partial charge in [0, 0.05) is 50.0 Å². The summed E-state index contributed by atoms with van der Waals surface area (Å²) in [7, 11) is 5.90. The van der Waals surface area contributed by atoms with Gasteiger partial charge in [-0.1, -0.05) is 53.9 Å². The zero-order valence-electron chi connectivity index (χ0n) is 34.8. The minimum absolute atomic E-state index is 0.00870. The van der Waals surface area contributed by atoms with E-state index in [1.165, 1.54) is 6.42 Å². The number of nitrogens with zero attached hydrogens (tertiary/aromatic N) is 2. The highest BCUT2D eigenvalue weighted by Gasteiger charge is 2.58. The molecular formula is C42H74N4O8. The number of carbonyl (C=O) groups is 3. The molecular weight excluding hydrogens is 688 g/mol. The Bertz CT molecular complexity index is 1250. The van der Waals surface area contributed by atoms with Crippen LogP contribution in [0.1, 0.15) is 106 Å². The number of aliphatic hydroxyl groups excluding tert-OH is 1. The molecule has 12 heteroatoms. The van der Waals surface area contributed by atoms with E-state index in [-0.39, 0.29) is 59.8 Å². The topological polar surface area (TPSA) is 150 Å². The summed E-state index contributed by atoms with van der Waals surface area (Å²) in [5.74, 6) is 1.05. The summed E-state index contributed by atoms with van der Waals surface area (Å²) in [6, 6.07) is -0.575. The van der Waals surface area contributed by atoms with Gasteiger partial charge < -0.3 is 35.2 Å². The maximum absolute atomic E-state index is 14.4. The number of hydroxylamine groups is 2. The minimum Gasteiger partial charge on any atom is -0.480 e. The molecule has 2 bridgehead atoms. The van der Waals surface area contributed by atoms with Gasteiger partial charge in [0.1, 0.15) is 18.8 Å². The maximum atomic E-state index is 14.4. The number of rotatable bonds is 17. The molecule has 4 N–H and O–H groups in total. The van der Waals surface area contributed by atoms with Crippen LogP contribution in [0.4, 0.5) is 0 Å². The fourth-order valence-electron chi connectivity index (χ4n) is 11.7. The van der Waals surface area contributed by atoms with Crippen molar-refractivity contribution in [2.45, 2.75) is 142 Å². The van der Waals surface area contributed by atoms with Gasteiger partial charge in [-0.25, -0.2) is 4.79 Å². The van der Waals surface area contributed by atoms with Crippen molar-refractivity contribution in [3.8, 4) is 0 Å². The third-order valence-corrected chi connectivity index (χ3v) is 14.5. The van der Waals surface area contributed by atoms with Crippen molar-refractivity contribution in [1.82, 2.24) is 20.6 Å². The fourth-order valence-corrected chi connectivity index (χ4v) is 11.7. The monoisotopic (exact) mass is 763 g/mol. The molecule has 5 aliphatic carbocycles. The quantitative estimate of drug-likeness (QED) is 0.166. The Kier molecular flexibility index (Phi) is 14.9. The number of carbonyl (C=O) groups excluding carboxylic acids is 2. The van der Waals surface area contributed by atoms with E-state index in [1.807, 2.05) is 0 Å². The number of likely N-dealkylation sites (N-methyl/N-ethyl adjacent to an activating group) is 1. The molecule has 0 aromatic heterocycles. The predicted molar refractivity (Wildman–Crippen MR) is 207 cm³/mol. The lowest BCUT2D eigenvalue weighted by molar-refractivity contribution is -0.196. The van der Waals surface area contributed by atoms with Crippen LogP contribution in [0.15, 0.2) is 0 Å². The molecule has 1 saturated heterocycles. The molecule has 6 aliphatic rings. The Hall–Kier alpha value is -1.83. The van der Waals surface area contributed by atoms with Crippen LogP contribution in [0.5, 0.6) is 0 Å². The number of hydrogen-bond acceptors (Lipinski definition) is 9. The van der Waals surface area contributed by atoms with Gasteiger partial charge in [-0.3, -0.25) is 14.4 Å². The maximum Gasteiger partial charge on any atom is 0.329 e. The Labute approximate surface area is 325 Å². The lowest BCUT2D eigenvalue weighted by atomic mass is 9.45. The summed E-state index contributed by atoms with van der Waals surface area (Å²) >= 11 is 0. The lowest BCUT2D eigenvalue weighted by Gasteiger charge is -2.62. The van der Waals surface area contributed by atoms with Gasteiger partial charge in [0.2, 0.25) is 11.8 Å². The number of carboxylic acids is 1. The first-order valence-corrected chi connectivity index (χ1v) is 21.2. The highest BCUT2D eigenvalue weighted by atomic mass is 16.7. The molecule has 2 amide bonds. The van der Waals surface area contributed by atoms with E-state index in [2.05, 4.69) is 64.2 Å². The van der Waals surface area contributed by atoms with Gasteiger partial charge in [-0.2, -0.15) is 5.06 Å². The molecule has 310 valence electrons. The Balaban J connectivity index is 1.30. The standard InChI is InChI=1S/C42H74N4O8/c1-24(2)16-31(21-45(7)8)43-40(50)28-13-10-12-27(17-28)32-15-11-14-29(39(32)52-9)20-46-38(37(26(4)47)35(54-46)22-53-23-36(48)49)41(51)44-34-19-30-18-33(25(34)3)42(30,5)6/h24-35,37-39,47H,10-23H2,1-9H3,(H,43,50)(H,44,51)(H,48,49)/t25-,26-,27?,28?,29?,30?,31+,32?,33-,34-,35-,37-,38+,39?/m0/s1. The predicted octanol–water partition coefficient (Wildman–Crippen LogP) is 4.59. The highest BCUT2D eigenvalue weighted by Crippen LogP contribution is 2.61. The van der Waals surface area contributed by atoms with Crippen molar-refractivity contribution in [2.75, 3.05) is 47.5 Å². The largest absolute Gasteiger partial charge is 0.480 e. The average molecular weight is 763 g/mol. The third kappa shape index (κ3) is 9.99. The van der Waals surface area contributed by atoms with Gasteiger partial charge in [0.15, 0.2) is 0 Å². The van der Waals surface area contributed by atoms with Crippen molar-refractivity contribution >= 4 is 17.8 Å². The molecule has 6 rings (SSSR count). The molecule has 0 spiro atoms. The normalized spacial score (nSPS) is 37.8. The first kappa shape index (κ1) is 43.3. The number of amides is 2. The van der Waals surface area contributed by atoms with E-state index < -0.39 is 36.7 Å². The summed E-state index contributed by atoms with van der Waals surface area (Å²) in [6.45, 7) is 13.8. The molecule has 14 atom stereocenters. The van der Waals surface area contributed by atoms with E-state index in [0.29, 0.717) is 36.1 Å². The molecule has 6 fully saturated rings. The Morgan fingerprint density at radius 3 is 2.35 bits per heavy atom. The van der Waals surface area contributed by atoms with Crippen molar-refractivity contribution in [1.29, 1.82) is 0 Å². The van der Waals surface area contributed by atoms with Crippen LogP contribution in [0.3, 0.4) is 0 Å². The molecule has 0 aromatic rings. The summed E-state index contributed by atoms with van der Waals surface area (Å²) < 4.78 is 11.9. The number of ether oxygens (including phenoxy) is 2. The van der Waals surface area contributed by atoms with Gasteiger partial charge >= 0.3 is 5.97 Å². The minimum atomic E-state index is -1.08. The SMILES string of the molecule is COC1C(CN2O[C@@H](COCC(=O)O)[C@H]([C@H](C)O)[C@@H]2C(=O)N[C@H]2CC3C[C@@H]([C@@H]2C)C3(C)C)CCCC1C1CCCC(C(=O)N[C@H](CC(C)C)CN(C)C)C1. The second-order valence-corrected chi connectivity index (χ2v) is 19.3. The summed E-state index contributed by atoms with van der Waals surface area (Å²) in [5, 5.41) is 29.0. The van der Waals surface area contributed by atoms with Crippen molar-refractivity contribution in [2.24, 2.45) is 58.7 Å². The van der Waals surface area contributed by atoms with E-state index in [4.69, 9.17) is 14.3 Å². The number of aliphatic hydroxyl groups is 1. The number of fused-ring (bicyclic) bond motifs is 2. The number of carboxylic acid groups (broad SMARTS) is 1. The highest BCUT2D eigenvalue weighted by molar-refractivity contribution is 5.83. The Morgan fingerprint density at radius 1 is 1.02 bits per heavy atom. The van der Waals surface area contributed by atoms with Crippen LogP contribution in [0.2, 0.25) is 0 Å². The van der Waals surface area contributed by atoms with E-state index in [1.54, 1.807) is 19.1 Å². The average Bonchev–Trinajstić information content (AvgIpc) is 3.46. The summed E-state index contributed by atoms with van der Waals surface area (Å²) in [6.07, 6.45) is 8.31. The van der Waals surface area contributed by atoms with Crippen molar-refractivity contribution in [3.05, 3.63) is 0 Å². The number of methoxy groups -OCH3 is 1. The van der Waals surface area contributed by atoms with Crippen LogP contribution >= 0.6 is 0 Å². The molecule has 0 radical (unpaired) electrons. The number of nitrogens with one attached hydrogen (secondary N) is 2. The zero-order valence-corrected chi connectivity index (χ0v) is 34.8. The molecule has 12 nitrogen and oxygen atoms in total. The zero-order chi connectivity index (χ0) is 39.5. The van der Waals surface area contributed by atoms with Gasteiger partial charge in [0.25, 0.3) is 0 Å². The van der Waals surface area contributed by atoms with Crippen molar-refractivity contribution < 1.29 is 38.9 Å². The first-order chi connectivity index (χ1) is 25.5. The summed E-state index contributed by atoms with van der Waals surface area (Å²) in [5.41, 5.74) is 0.287. The second kappa shape index (κ2) is 18.6. The molecule has 1 heterocycles. The van der Waals surface area contributed by atoms with Crippen LogP contribution < -0.4 is 10.6 Å². The van der Waals surface area contributed by atoms with Crippen LogP contribution in [0.25, 0.3) is 0 Å². The molecule has 1 aliphatic heterocycles. The lowest BCUT2D eigenvalue weighted by Crippen LogP contribution is -2.62. The molecule has 6 unspecified atom stereocenters. The smallest absolute Gasteiger partial charge is 0.329 e. The van der Waals surface area contributed by atoms with Gasteiger partial charge in [-0.05, 0) is 107 Å². The van der Waals surface area contributed by atoms with Crippen LogP contribution in [-0.2, 0) is 28.7 Å². The van der Waals surface area contributed by atoms with E-state index >= 15 is 0 Å². The van der Waals surface area contributed by atoms with Crippen LogP contribution in [-0.4, -0.2) is 122 Å². The van der Waals surface area contributed by atoms with E-state index in [9.17, 15) is 24.6 Å². The van der Waals surface area contributed by atoms with Gasteiger partial charge in [0.05, 0.1) is 18.8 Å². The third-order valence-electron chi connectivity index (χ3n) is 14.5. The number of hydrogen-bond donors (Lipinski definition) is 4. The second-order valence-electron chi connectivity index (χ2n) is 19.3. The van der Waals surface area contributed by atoms with Crippen LogP contribution in [0, 0.1) is 58.7 Å². The van der Waals surface area contributed by atoms with Crippen molar-refractivity contribution in [3.63, 3.8) is 0 Å². The molecule has 54 heavy (non-hydrogen) atoms. The summed E-state index contributed by atoms with van der Waals surface area (Å²) in [4.78, 5) is 48.1. The van der Waals surface area contributed by atoms with Gasteiger partial charge in [-0.15, -0.1) is 0 Å². The molecule has 5 saturated carbocycles. The number of aliphatic carboxylic acids is 1. The fraction of sp³-hybridized carbons (Fsp3) is 0.929. The Morgan fingerprint density at radius 2 is 1.74 bits per heavy atom.